The van der Waals surface area contributed by atoms with Crippen molar-refractivity contribution in [3.63, 3.8) is 0 Å². The second-order valence-corrected chi connectivity index (χ2v) is 5.15. The lowest BCUT2D eigenvalue weighted by Crippen LogP contribution is -2.21. The lowest BCUT2D eigenvalue weighted by Gasteiger charge is -2.10. The number of carbonyl (C=O) groups is 3. The molecule has 0 saturated heterocycles. The maximum Gasteiger partial charge on any atom is 0.355 e. The Bertz CT molecular complexity index is 789. The molecule has 2 aromatic rings. The van der Waals surface area contributed by atoms with Gasteiger partial charge in [0.05, 0.1) is 19.3 Å². The number of aromatic nitrogens is 1. The first-order valence-electron chi connectivity index (χ1n) is 7.51. The second-order valence-electron chi connectivity index (χ2n) is 5.15. The Morgan fingerprint density at radius 2 is 1.67 bits per heavy atom. The van der Waals surface area contributed by atoms with Crippen LogP contribution in [-0.4, -0.2) is 36.1 Å². The lowest BCUT2D eigenvalue weighted by molar-refractivity contribution is 0.0508. The molecule has 0 fully saturated rings. The summed E-state index contributed by atoms with van der Waals surface area (Å²) in [6, 6.07) is 8.53. The summed E-state index contributed by atoms with van der Waals surface area (Å²) < 4.78 is 11.0. The van der Waals surface area contributed by atoms with E-state index in [0.29, 0.717) is 16.8 Å². The lowest BCUT2D eigenvalue weighted by atomic mass is 10.1. The zero-order chi connectivity index (χ0) is 17.9. The van der Waals surface area contributed by atoms with Gasteiger partial charge in [0.1, 0.15) is 5.69 Å². The second kappa shape index (κ2) is 7.12. The van der Waals surface area contributed by atoms with E-state index in [0.717, 1.165) is 0 Å². The normalized spacial score (nSPS) is 10.3. The van der Waals surface area contributed by atoms with Crippen molar-refractivity contribution in [2.75, 3.05) is 13.7 Å². The van der Waals surface area contributed by atoms with Crippen molar-refractivity contribution in [1.82, 2.24) is 4.57 Å². The molecule has 0 unspecified atom stereocenters. The fourth-order valence-corrected chi connectivity index (χ4v) is 2.65. The predicted molar refractivity (Wildman–Crippen MR) is 87.4 cm³/mol. The third-order valence-electron chi connectivity index (χ3n) is 3.73. The van der Waals surface area contributed by atoms with Crippen LogP contribution in [0.5, 0.6) is 0 Å². The number of ether oxygens (including phenoxy) is 2. The number of methoxy groups -OCH3 is 1. The Kier molecular flexibility index (Phi) is 5.18. The van der Waals surface area contributed by atoms with Gasteiger partial charge < -0.3 is 9.47 Å². The number of benzene rings is 1. The minimum Gasteiger partial charge on any atom is -0.465 e. The Balaban J connectivity index is 2.71. The van der Waals surface area contributed by atoms with E-state index in [4.69, 9.17) is 9.47 Å². The average molecular weight is 329 g/mol. The highest BCUT2D eigenvalue weighted by molar-refractivity contribution is 6.06. The molecule has 0 saturated carbocycles. The topological polar surface area (TPSA) is 74.6 Å². The van der Waals surface area contributed by atoms with Crippen LogP contribution in [0.1, 0.15) is 49.4 Å². The monoisotopic (exact) mass is 329 g/mol. The Hall–Kier alpha value is -2.89. The molecule has 1 heterocycles. The van der Waals surface area contributed by atoms with Gasteiger partial charge in [-0.2, -0.15) is 0 Å². The van der Waals surface area contributed by atoms with Crippen molar-refractivity contribution >= 4 is 17.8 Å². The molecule has 126 valence electrons. The Morgan fingerprint density at radius 3 is 2.21 bits per heavy atom. The van der Waals surface area contributed by atoms with Gasteiger partial charge in [0, 0.05) is 11.3 Å². The zero-order valence-electron chi connectivity index (χ0n) is 14.1. The third-order valence-corrected chi connectivity index (χ3v) is 3.73. The van der Waals surface area contributed by atoms with Gasteiger partial charge in [0.15, 0.2) is 0 Å². The van der Waals surface area contributed by atoms with Gasteiger partial charge >= 0.3 is 11.9 Å². The third kappa shape index (κ3) is 2.95. The van der Waals surface area contributed by atoms with Gasteiger partial charge in [-0.25, -0.2) is 9.59 Å². The molecule has 0 spiro atoms. The number of esters is 2. The molecule has 1 aromatic carbocycles. The summed E-state index contributed by atoms with van der Waals surface area (Å²) in [4.78, 5) is 37.3. The molecular weight excluding hydrogens is 310 g/mol. The summed E-state index contributed by atoms with van der Waals surface area (Å²) in [6.07, 6.45) is 0. The van der Waals surface area contributed by atoms with E-state index in [1.807, 2.05) is 0 Å². The van der Waals surface area contributed by atoms with Crippen LogP contribution in [0, 0.1) is 13.8 Å². The molecule has 6 nitrogen and oxygen atoms in total. The Labute approximate surface area is 140 Å². The molecule has 1 aromatic heterocycles. The minimum absolute atomic E-state index is 0.0450. The standard InChI is InChI=1S/C18H19NO5/c1-5-24-18(22)15-11(2)14(17(21)23-4)12(3)19(15)16(20)13-9-7-6-8-10-13/h6-10H,5H2,1-4H3. The first-order valence-corrected chi connectivity index (χ1v) is 7.51. The highest BCUT2D eigenvalue weighted by atomic mass is 16.5. The van der Waals surface area contributed by atoms with Gasteiger partial charge in [-0.1, -0.05) is 18.2 Å². The van der Waals surface area contributed by atoms with Crippen molar-refractivity contribution in [3.05, 3.63) is 58.4 Å². The molecule has 0 aliphatic rings. The van der Waals surface area contributed by atoms with Gasteiger partial charge in [-0.3, -0.25) is 9.36 Å². The quantitative estimate of drug-likeness (QED) is 0.806. The number of hydrogen-bond acceptors (Lipinski definition) is 5. The van der Waals surface area contributed by atoms with Crippen LogP contribution in [0.3, 0.4) is 0 Å². The molecule has 0 bridgehead atoms. The van der Waals surface area contributed by atoms with E-state index in [-0.39, 0.29) is 17.9 Å². The molecule has 0 atom stereocenters. The molecule has 2 rings (SSSR count). The van der Waals surface area contributed by atoms with Gasteiger partial charge in [-0.05, 0) is 38.5 Å². The summed E-state index contributed by atoms with van der Waals surface area (Å²) in [5, 5.41) is 0. The van der Waals surface area contributed by atoms with E-state index in [2.05, 4.69) is 0 Å². The summed E-state index contributed by atoms with van der Waals surface area (Å²) in [6.45, 7) is 5.03. The highest BCUT2D eigenvalue weighted by Crippen LogP contribution is 2.25. The fourth-order valence-electron chi connectivity index (χ4n) is 2.65. The van der Waals surface area contributed by atoms with Crippen molar-refractivity contribution in [2.45, 2.75) is 20.8 Å². The molecule has 0 N–H and O–H groups in total. The van der Waals surface area contributed by atoms with Crippen molar-refractivity contribution < 1.29 is 23.9 Å². The van der Waals surface area contributed by atoms with Crippen LogP contribution in [0.25, 0.3) is 0 Å². The maximum atomic E-state index is 12.9. The predicted octanol–water partition coefficient (Wildman–Crippen LogP) is 2.76. The van der Waals surface area contributed by atoms with Crippen LogP contribution in [-0.2, 0) is 9.47 Å². The summed E-state index contributed by atoms with van der Waals surface area (Å²) in [7, 11) is 1.25. The van der Waals surface area contributed by atoms with Gasteiger partial charge in [0.2, 0.25) is 0 Å². The smallest absolute Gasteiger partial charge is 0.355 e. The first kappa shape index (κ1) is 17.5. The number of nitrogens with zero attached hydrogens (tertiary/aromatic N) is 1. The minimum atomic E-state index is -0.655. The summed E-state index contributed by atoms with van der Waals surface area (Å²) in [5.74, 6) is -1.66. The fraction of sp³-hybridized carbons (Fsp3) is 0.278. The summed E-state index contributed by atoms with van der Waals surface area (Å²) >= 11 is 0. The van der Waals surface area contributed by atoms with E-state index in [9.17, 15) is 14.4 Å². The maximum absolute atomic E-state index is 12.9. The van der Waals surface area contributed by atoms with E-state index >= 15 is 0 Å². The first-order chi connectivity index (χ1) is 11.4. The SMILES string of the molecule is CCOC(=O)c1c(C)c(C(=O)OC)c(C)n1C(=O)c1ccccc1. The van der Waals surface area contributed by atoms with Crippen LogP contribution in [0.4, 0.5) is 0 Å². The zero-order valence-corrected chi connectivity index (χ0v) is 14.1. The molecular formula is C18H19NO5. The molecule has 0 aliphatic heterocycles. The van der Waals surface area contributed by atoms with Crippen molar-refractivity contribution in [3.8, 4) is 0 Å². The van der Waals surface area contributed by atoms with Crippen LogP contribution in [0.2, 0.25) is 0 Å². The van der Waals surface area contributed by atoms with Crippen LogP contribution in [0.15, 0.2) is 30.3 Å². The van der Waals surface area contributed by atoms with E-state index in [1.54, 1.807) is 51.1 Å². The molecule has 0 amide bonds. The van der Waals surface area contributed by atoms with E-state index in [1.165, 1.54) is 11.7 Å². The van der Waals surface area contributed by atoms with Gasteiger partial charge in [0.25, 0.3) is 5.91 Å². The van der Waals surface area contributed by atoms with E-state index < -0.39 is 17.8 Å². The number of rotatable bonds is 4. The molecule has 0 aliphatic carbocycles. The van der Waals surface area contributed by atoms with Crippen LogP contribution < -0.4 is 0 Å². The highest BCUT2D eigenvalue weighted by Gasteiger charge is 2.30. The van der Waals surface area contributed by atoms with Crippen molar-refractivity contribution in [2.24, 2.45) is 0 Å². The summed E-state index contributed by atoms with van der Waals surface area (Å²) in [5.41, 5.74) is 1.35. The Morgan fingerprint density at radius 1 is 1.04 bits per heavy atom. The average Bonchev–Trinajstić information content (AvgIpc) is 2.85. The number of hydrogen-bond donors (Lipinski definition) is 0. The van der Waals surface area contributed by atoms with Crippen LogP contribution >= 0.6 is 0 Å². The molecule has 6 heteroatoms. The molecule has 24 heavy (non-hydrogen) atoms. The van der Waals surface area contributed by atoms with Crippen molar-refractivity contribution in [1.29, 1.82) is 0 Å². The largest absolute Gasteiger partial charge is 0.465 e. The number of carbonyl (C=O) groups excluding carboxylic acids is 3. The van der Waals surface area contributed by atoms with Gasteiger partial charge in [-0.15, -0.1) is 0 Å². The molecule has 0 radical (unpaired) electrons.